The van der Waals surface area contributed by atoms with Crippen LogP contribution in [0.2, 0.25) is 0 Å². The van der Waals surface area contributed by atoms with E-state index in [-0.39, 0.29) is 0 Å². The van der Waals surface area contributed by atoms with Crippen LogP contribution in [0.4, 0.5) is 4.79 Å². The first-order valence-electron chi connectivity index (χ1n) is 2.04. The topological polar surface area (TPSA) is 67.8 Å². The third-order valence-corrected chi connectivity index (χ3v) is 0.332. The monoisotopic (exact) mass is 121 g/mol. The van der Waals surface area contributed by atoms with Gasteiger partial charge in [-0.2, -0.15) is 0 Å². The zero-order chi connectivity index (χ0) is 6.41. The number of hydrogen-bond acceptors (Lipinski definition) is 4. The van der Waals surface area contributed by atoms with Crippen molar-refractivity contribution in [3.63, 3.8) is 0 Å². The van der Waals surface area contributed by atoms with Crippen LogP contribution in [0.1, 0.15) is 6.92 Å². The number of nitrogens with one attached hydrogen (secondary N) is 1. The van der Waals surface area contributed by atoms with Gasteiger partial charge in [-0.15, -0.1) is 0 Å². The highest BCUT2D eigenvalue weighted by atomic mass is 16.9. The van der Waals surface area contributed by atoms with Gasteiger partial charge in [0.2, 0.25) is 0 Å². The third kappa shape index (κ3) is 5.19. The molecule has 5 nitrogen and oxygen atoms in total. The van der Waals surface area contributed by atoms with E-state index in [1.807, 2.05) is 0 Å². The molecule has 0 aromatic carbocycles. The Hall–Kier alpha value is -0.810. The van der Waals surface area contributed by atoms with Crippen LogP contribution < -0.4 is 5.64 Å². The first kappa shape index (κ1) is 7.19. The van der Waals surface area contributed by atoms with Crippen molar-refractivity contribution in [3.05, 3.63) is 0 Å². The van der Waals surface area contributed by atoms with Gasteiger partial charge in [-0.05, 0) is 12.6 Å². The van der Waals surface area contributed by atoms with Crippen molar-refractivity contribution in [2.45, 2.75) is 6.92 Å². The Kier molecular flexibility index (Phi) is 3.91. The van der Waals surface area contributed by atoms with Gasteiger partial charge in [-0.3, -0.25) is 4.84 Å². The third-order valence-electron chi connectivity index (χ3n) is 0.332. The van der Waals surface area contributed by atoms with E-state index in [0.29, 0.717) is 6.61 Å². The number of carboxylic acid groups (broad SMARTS) is 1. The molecule has 0 aromatic rings. The molecular formula is C3H7NO4. The number of rotatable bonds is 3. The first-order chi connectivity index (χ1) is 3.77. The van der Waals surface area contributed by atoms with E-state index in [0.717, 1.165) is 0 Å². The minimum Gasteiger partial charge on any atom is -0.448 e. The molecule has 0 aromatic heterocycles. The Morgan fingerprint density at radius 3 is 2.88 bits per heavy atom. The van der Waals surface area contributed by atoms with E-state index >= 15 is 0 Å². The number of hydrogen-bond donors (Lipinski definition) is 2. The molecule has 0 saturated heterocycles. The van der Waals surface area contributed by atoms with E-state index in [9.17, 15) is 4.79 Å². The molecule has 0 aliphatic carbocycles. The van der Waals surface area contributed by atoms with Gasteiger partial charge in [-0.1, -0.05) is 0 Å². The SMILES string of the molecule is CCONOC(=O)O. The average molecular weight is 121 g/mol. The van der Waals surface area contributed by atoms with Gasteiger partial charge in [0.05, 0.1) is 6.61 Å². The number of carbonyl (C=O) groups is 1. The summed E-state index contributed by atoms with van der Waals surface area (Å²) in [5.41, 5.74) is 1.73. The standard InChI is InChI=1S/C3H7NO4/c1-2-7-4-8-3(5)6/h4H,2H2,1H3,(H,5,6). The van der Waals surface area contributed by atoms with Gasteiger partial charge in [0.1, 0.15) is 0 Å². The quantitative estimate of drug-likeness (QED) is 0.410. The Morgan fingerprint density at radius 2 is 2.50 bits per heavy atom. The molecule has 2 N–H and O–H groups in total. The van der Waals surface area contributed by atoms with Crippen LogP contribution in [-0.4, -0.2) is 17.9 Å². The molecular weight excluding hydrogens is 114 g/mol. The lowest BCUT2D eigenvalue weighted by molar-refractivity contribution is -0.138. The smallest absolute Gasteiger partial charge is 0.448 e. The predicted molar refractivity (Wildman–Crippen MR) is 23.9 cm³/mol. The highest BCUT2D eigenvalue weighted by Crippen LogP contribution is 1.68. The van der Waals surface area contributed by atoms with Crippen molar-refractivity contribution in [3.8, 4) is 0 Å². The van der Waals surface area contributed by atoms with Crippen molar-refractivity contribution in [2.24, 2.45) is 0 Å². The molecule has 0 rings (SSSR count). The largest absolute Gasteiger partial charge is 0.527 e. The van der Waals surface area contributed by atoms with Crippen molar-refractivity contribution >= 4 is 6.16 Å². The van der Waals surface area contributed by atoms with Crippen LogP contribution in [0.25, 0.3) is 0 Å². The molecule has 5 heteroatoms. The second kappa shape index (κ2) is 4.35. The lowest BCUT2D eigenvalue weighted by Gasteiger charge is -1.97. The van der Waals surface area contributed by atoms with Gasteiger partial charge in [0.15, 0.2) is 0 Å². The summed E-state index contributed by atoms with van der Waals surface area (Å²) in [5, 5.41) is 7.78. The molecule has 0 aliphatic heterocycles. The molecule has 0 atom stereocenters. The van der Waals surface area contributed by atoms with Crippen LogP contribution in [-0.2, 0) is 9.68 Å². The van der Waals surface area contributed by atoms with Gasteiger partial charge in [-0.25, -0.2) is 4.79 Å². The fourth-order valence-corrected chi connectivity index (χ4v) is 0.124. The van der Waals surface area contributed by atoms with Crippen LogP contribution in [0, 0.1) is 0 Å². The van der Waals surface area contributed by atoms with E-state index in [1.165, 1.54) is 0 Å². The Balaban J connectivity index is 2.82. The fraction of sp³-hybridized carbons (Fsp3) is 0.667. The molecule has 0 spiro atoms. The van der Waals surface area contributed by atoms with Gasteiger partial charge < -0.3 is 9.94 Å². The summed E-state index contributed by atoms with van der Waals surface area (Å²) in [5.74, 6) is 0. The van der Waals surface area contributed by atoms with Gasteiger partial charge in [0.25, 0.3) is 0 Å². The molecule has 0 fully saturated rings. The lowest BCUT2D eigenvalue weighted by Crippen LogP contribution is -2.18. The summed E-state index contributed by atoms with van der Waals surface area (Å²) >= 11 is 0. The van der Waals surface area contributed by atoms with Crippen molar-refractivity contribution in [1.29, 1.82) is 0 Å². The van der Waals surface area contributed by atoms with E-state index in [4.69, 9.17) is 5.11 Å². The van der Waals surface area contributed by atoms with Crippen LogP contribution in [0.15, 0.2) is 0 Å². The maximum atomic E-state index is 9.51. The van der Waals surface area contributed by atoms with Gasteiger partial charge in [0, 0.05) is 0 Å². The Bertz CT molecular complexity index is 73.7. The van der Waals surface area contributed by atoms with E-state index < -0.39 is 6.16 Å². The average Bonchev–Trinajstić information content (AvgIpc) is 1.66. The Labute approximate surface area is 46.1 Å². The minimum absolute atomic E-state index is 0.354. The summed E-state index contributed by atoms with van der Waals surface area (Å²) in [6, 6.07) is 0. The summed E-state index contributed by atoms with van der Waals surface area (Å²) in [6.45, 7) is 2.05. The molecule has 0 heterocycles. The molecule has 0 bridgehead atoms. The Morgan fingerprint density at radius 1 is 1.88 bits per heavy atom. The predicted octanol–water partition coefficient (Wildman–Crippen LogP) is 0.137. The molecule has 0 aliphatic rings. The molecule has 48 valence electrons. The van der Waals surface area contributed by atoms with E-state index in [1.54, 1.807) is 12.6 Å². The van der Waals surface area contributed by atoms with Crippen LogP contribution >= 0.6 is 0 Å². The summed E-state index contributed by atoms with van der Waals surface area (Å²) in [7, 11) is 0. The summed E-state index contributed by atoms with van der Waals surface area (Å²) in [6.07, 6.45) is -1.42. The van der Waals surface area contributed by atoms with E-state index in [2.05, 4.69) is 9.68 Å². The molecule has 0 radical (unpaired) electrons. The highest BCUT2D eigenvalue weighted by molar-refractivity contribution is 5.56. The normalized spacial score (nSPS) is 8.62. The molecule has 8 heavy (non-hydrogen) atoms. The fourth-order valence-electron chi connectivity index (χ4n) is 0.124. The zero-order valence-electron chi connectivity index (χ0n) is 4.38. The second-order valence-electron chi connectivity index (χ2n) is 0.884. The lowest BCUT2D eigenvalue weighted by atomic mass is 10.9. The van der Waals surface area contributed by atoms with Crippen LogP contribution in [0.5, 0.6) is 0 Å². The summed E-state index contributed by atoms with van der Waals surface area (Å²) < 4.78 is 0. The van der Waals surface area contributed by atoms with Crippen molar-refractivity contribution in [2.75, 3.05) is 6.61 Å². The van der Waals surface area contributed by atoms with Crippen molar-refractivity contribution < 1.29 is 19.6 Å². The maximum absolute atomic E-state index is 9.51. The summed E-state index contributed by atoms with van der Waals surface area (Å²) in [4.78, 5) is 17.5. The first-order valence-corrected chi connectivity index (χ1v) is 2.04. The second-order valence-corrected chi connectivity index (χ2v) is 0.884. The van der Waals surface area contributed by atoms with Gasteiger partial charge >= 0.3 is 6.16 Å². The molecule has 0 amide bonds. The van der Waals surface area contributed by atoms with Crippen LogP contribution in [0.3, 0.4) is 0 Å². The molecule has 0 saturated carbocycles. The maximum Gasteiger partial charge on any atom is 0.527 e. The zero-order valence-corrected chi connectivity index (χ0v) is 4.38. The highest BCUT2D eigenvalue weighted by Gasteiger charge is 1.91. The van der Waals surface area contributed by atoms with Crippen molar-refractivity contribution in [1.82, 2.24) is 5.64 Å². The molecule has 0 unspecified atom stereocenters. The minimum atomic E-state index is -1.42.